The molecule has 144 valence electrons. The quantitative estimate of drug-likeness (QED) is 0.678. The summed E-state index contributed by atoms with van der Waals surface area (Å²) in [5.74, 6) is 2.40. The van der Waals surface area contributed by atoms with Crippen LogP contribution >= 0.6 is 0 Å². The fraction of sp³-hybridized carbons (Fsp3) is 0.318. The maximum Gasteiger partial charge on any atom is 0.272 e. The van der Waals surface area contributed by atoms with Crippen LogP contribution in [0.4, 0.5) is 0 Å². The van der Waals surface area contributed by atoms with Gasteiger partial charge in [-0.15, -0.1) is 0 Å². The number of ether oxygens (including phenoxy) is 1. The van der Waals surface area contributed by atoms with E-state index in [4.69, 9.17) is 9.15 Å². The van der Waals surface area contributed by atoms with Crippen LogP contribution in [-0.4, -0.2) is 41.0 Å². The zero-order chi connectivity index (χ0) is 19.3. The highest BCUT2D eigenvalue weighted by Gasteiger charge is 2.28. The number of likely N-dealkylation sites (tertiary alicyclic amines) is 1. The van der Waals surface area contributed by atoms with Crippen molar-refractivity contribution in [2.75, 3.05) is 20.2 Å². The van der Waals surface area contributed by atoms with Crippen molar-refractivity contribution in [1.29, 1.82) is 0 Å². The Bertz CT molecular complexity index is 939. The van der Waals surface area contributed by atoms with Gasteiger partial charge in [0.15, 0.2) is 5.89 Å². The first-order valence-corrected chi connectivity index (χ1v) is 9.51. The van der Waals surface area contributed by atoms with E-state index in [1.54, 1.807) is 25.6 Å². The van der Waals surface area contributed by atoms with Crippen LogP contribution in [0.25, 0.3) is 0 Å². The van der Waals surface area contributed by atoms with Crippen molar-refractivity contribution >= 4 is 5.91 Å². The second-order valence-electron chi connectivity index (χ2n) is 6.96. The third-order valence-corrected chi connectivity index (χ3v) is 5.07. The highest BCUT2D eigenvalue weighted by molar-refractivity contribution is 5.92. The summed E-state index contributed by atoms with van der Waals surface area (Å²) in [4.78, 5) is 23.2. The number of piperidine rings is 1. The van der Waals surface area contributed by atoms with Gasteiger partial charge in [-0.1, -0.05) is 24.3 Å². The summed E-state index contributed by atoms with van der Waals surface area (Å²) < 4.78 is 11.5. The zero-order valence-corrected chi connectivity index (χ0v) is 15.9. The number of benzene rings is 1. The molecule has 1 aliphatic heterocycles. The smallest absolute Gasteiger partial charge is 0.272 e. The number of para-hydroxylation sites is 1. The van der Waals surface area contributed by atoms with Crippen molar-refractivity contribution < 1.29 is 13.9 Å². The lowest BCUT2D eigenvalue weighted by Crippen LogP contribution is -2.39. The molecule has 0 saturated carbocycles. The number of carbonyl (C=O) groups is 1. The maximum atomic E-state index is 12.7. The molecule has 0 spiro atoms. The van der Waals surface area contributed by atoms with Gasteiger partial charge in [-0.05, 0) is 31.0 Å². The van der Waals surface area contributed by atoms with Crippen LogP contribution < -0.4 is 4.74 Å². The van der Waals surface area contributed by atoms with E-state index < -0.39 is 0 Å². The SMILES string of the molecule is COc1ccccc1Cc1cnc([C@H]2CCCN(C(=O)c3ccccn3)C2)o1. The van der Waals surface area contributed by atoms with Gasteiger partial charge in [-0.25, -0.2) is 4.98 Å². The van der Waals surface area contributed by atoms with Gasteiger partial charge >= 0.3 is 0 Å². The number of hydrogen-bond donors (Lipinski definition) is 0. The number of oxazole rings is 1. The molecule has 3 aromatic rings. The van der Waals surface area contributed by atoms with Crippen molar-refractivity contribution in [2.45, 2.75) is 25.2 Å². The number of hydrogen-bond acceptors (Lipinski definition) is 5. The highest BCUT2D eigenvalue weighted by Crippen LogP contribution is 2.29. The second-order valence-corrected chi connectivity index (χ2v) is 6.96. The lowest BCUT2D eigenvalue weighted by Gasteiger charge is -2.31. The van der Waals surface area contributed by atoms with Gasteiger partial charge in [-0.3, -0.25) is 9.78 Å². The number of rotatable bonds is 5. The van der Waals surface area contributed by atoms with E-state index in [9.17, 15) is 4.79 Å². The minimum atomic E-state index is -0.0360. The lowest BCUT2D eigenvalue weighted by molar-refractivity contribution is 0.0692. The third kappa shape index (κ3) is 3.91. The molecule has 28 heavy (non-hydrogen) atoms. The Balaban J connectivity index is 1.45. The normalized spacial score (nSPS) is 16.8. The minimum absolute atomic E-state index is 0.0360. The number of aromatic nitrogens is 2. The van der Waals surface area contributed by atoms with Gasteiger partial charge in [0.1, 0.15) is 17.2 Å². The summed E-state index contributed by atoms with van der Waals surface area (Å²) in [6.45, 7) is 1.34. The van der Waals surface area contributed by atoms with Crippen LogP contribution in [-0.2, 0) is 6.42 Å². The molecule has 6 heteroatoms. The van der Waals surface area contributed by atoms with Crippen molar-refractivity contribution in [1.82, 2.24) is 14.9 Å². The van der Waals surface area contributed by atoms with E-state index in [-0.39, 0.29) is 11.8 Å². The summed E-state index contributed by atoms with van der Waals surface area (Å²) in [6, 6.07) is 13.3. The number of pyridine rings is 1. The first-order chi connectivity index (χ1) is 13.7. The highest BCUT2D eigenvalue weighted by atomic mass is 16.5. The molecule has 0 unspecified atom stereocenters. The molecule has 1 atom stereocenters. The standard InChI is InChI=1S/C22H23N3O3/c1-27-20-10-3-2-7-16(20)13-18-14-24-21(28-18)17-8-6-12-25(15-17)22(26)19-9-4-5-11-23-19/h2-5,7,9-11,14,17H,6,8,12-13,15H2,1H3/t17-/m0/s1. The van der Waals surface area contributed by atoms with Crippen LogP contribution in [0.3, 0.4) is 0 Å². The van der Waals surface area contributed by atoms with Gasteiger partial charge in [0.05, 0.1) is 19.2 Å². The molecule has 1 saturated heterocycles. The van der Waals surface area contributed by atoms with E-state index in [0.717, 1.165) is 36.5 Å². The molecule has 0 radical (unpaired) electrons. The Labute approximate surface area is 164 Å². The number of nitrogens with zero attached hydrogens (tertiary/aromatic N) is 3. The third-order valence-electron chi connectivity index (χ3n) is 5.07. The summed E-state index contributed by atoms with van der Waals surface area (Å²) in [5, 5.41) is 0. The topological polar surface area (TPSA) is 68.5 Å². The molecule has 3 heterocycles. The molecule has 1 aliphatic rings. The predicted molar refractivity (Wildman–Crippen MR) is 104 cm³/mol. The Kier molecular flexibility index (Phi) is 5.37. The Hall–Kier alpha value is -3.15. The van der Waals surface area contributed by atoms with E-state index in [1.807, 2.05) is 41.3 Å². The molecule has 0 bridgehead atoms. The lowest BCUT2D eigenvalue weighted by atomic mass is 9.97. The summed E-state index contributed by atoms with van der Waals surface area (Å²) >= 11 is 0. The maximum absolute atomic E-state index is 12.7. The van der Waals surface area contributed by atoms with E-state index in [2.05, 4.69) is 9.97 Å². The summed E-state index contributed by atoms with van der Waals surface area (Å²) in [5.41, 5.74) is 1.54. The van der Waals surface area contributed by atoms with E-state index in [1.165, 1.54) is 0 Å². The fourth-order valence-electron chi connectivity index (χ4n) is 3.64. The predicted octanol–water partition coefficient (Wildman–Crippen LogP) is 3.69. The largest absolute Gasteiger partial charge is 0.496 e. The molecule has 1 fully saturated rings. The molecule has 6 nitrogen and oxygen atoms in total. The van der Waals surface area contributed by atoms with Gasteiger partial charge in [0.2, 0.25) is 0 Å². The number of methoxy groups -OCH3 is 1. The van der Waals surface area contributed by atoms with Crippen molar-refractivity contribution in [3.8, 4) is 5.75 Å². The van der Waals surface area contributed by atoms with Crippen molar-refractivity contribution in [3.05, 3.63) is 77.8 Å². The van der Waals surface area contributed by atoms with Crippen LogP contribution in [0.15, 0.2) is 59.3 Å². The summed E-state index contributed by atoms with van der Waals surface area (Å²) in [6.07, 6.45) is 5.93. The summed E-state index contributed by atoms with van der Waals surface area (Å²) in [7, 11) is 1.67. The average Bonchev–Trinajstić information content (AvgIpc) is 3.23. The average molecular weight is 377 g/mol. The zero-order valence-electron chi connectivity index (χ0n) is 15.9. The van der Waals surface area contributed by atoms with E-state index >= 15 is 0 Å². The second kappa shape index (κ2) is 8.25. The molecular formula is C22H23N3O3. The Morgan fingerprint density at radius 1 is 1.21 bits per heavy atom. The number of amides is 1. The Morgan fingerprint density at radius 2 is 2.07 bits per heavy atom. The van der Waals surface area contributed by atoms with Crippen LogP contribution in [0.2, 0.25) is 0 Å². The Morgan fingerprint density at radius 3 is 2.89 bits per heavy atom. The van der Waals surface area contributed by atoms with Crippen LogP contribution in [0, 0.1) is 0 Å². The van der Waals surface area contributed by atoms with Crippen molar-refractivity contribution in [2.24, 2.45) is 0 Å². The van der Waals surface area contributed by atoms with Gasteiger partial charge < -0.3 is 14.1 Å². The molecule has 0 N–H and O–H groups in total. The van der Waals surface area contributed by atoms with E-state index in [0.29, 0.717) is 24.6 Å². The van der Waals surface area contributed by atoms with Gasteiger partial charge in [0, 0.05) is 31.3 Å². The molecule has 1 aromatic carbocycles. The minimum Gasteiger partial charge on any atom is -0.496 e. The first kappa shape index (κ1) is 18.2. The molecule has 4 rings (SSSR count). The monoisotopic (exact) mass is 377 g/mol. The number of carbonyl (C=O) groups excluding carboxylic acids is 1. The fourth-order valence-corrected chi connectivity index (χ4v) is 3.64. The van der Waals surface area contributed by atoms with Gasteiger partial charge in [-0.2, -0.15) is 0 Å². The first-order valence-electron chi connectivity index (χ1n) is 9.51. The van der Waals surface area contributed by atoms with Crippen molar-refractivity contribution in [3.63, 3.8) is 0 Å². The molecular weight excluding hydrogens is 354 g/mol. The van der Waals surface area contributed by atoms with Gasteiger partial charge in [0.25, 0.3) is 5.91 Å². The van der Waals surface area contributed by atoms with Crippen LogP contribution in [0.1, 0.15) is 46.5 Å². The molecule has 1 amide bonds. The molecule has 0 aliphatic carbocycles. The van der Waals surface area contributed by atoms with Crippen LogP contribution in [0.5, 0.6) is 5.75 Å². The molecule has 2 aromatic heterocycles.